The first-order valence-electron chi connectivity index (χ1n) is 8.64. The molecule has 6 nitrogen and oxygen atoms in total. The van der Waals surface area contributed by atoms with Gasteiger partial charge in [-0.1, -0.05) is 49.6 Å². The van der Waals surface area contributed by atoms with Crippen molar-refractivity contribution in [2.45, 2.75) is 26.2 Å². The molecule has 0 fully saturated rings. The van der Waals surface area contributed by atoms with E-state index in [1.807, 2.05) is 18.2 Å². The Morgan fingerprint density at radius 3 is 2.73 bits per heavy atom. The Morgan fingerprint density at radius 1 is 1.23 bits per heavy atom. The van der Waals surface area contributed by atoms with E-state index in [9.17, 15) is 9.59 Å². The van der Waals surface area contributed by atoms with Gasteiger partial charge in [-0.05, 0) is 12.5 Å². The minimum absolute atomic E-state index is 0.210. The summed E-state index contributed by atoms with van der Waals surface area (Å²) in [6.07, 6.45) is 6.41. The van der Waals surface area contributed by atoms with Gasteiger partial charge in [0, 0.05) is 36.6 Å². The Bertz CT molecular complexity index is 1010. The lowest BCUT2D eigenvalue weighted by molar-refractivity contribution is 0.0948. The van der Waals surface area contributed by atoms with E-state index in [0.717, 1.165) is 24.8 Å². The standard InChI is InChI=1S/C19H21ClN4O2/c1-3-4-7-10-21-18(25)15-11-24-12-16(13-8-5-6-9-14(13)20)23(2)19(26)17(24)22-15/h5-6,8-9,11-12H,3-4,7,10H2,1-2H3,(H,21,25). The number of hydrogen-bond donors (Lipinski definition) is 1. The van der Waals surface area contributed by atoms with Gasteiger partial charge in [0.15, 0.2) is 0 Å². The number of amides is 1. The molecule has 2 heterocycles. The fourth-order valence-corrected chi connectivity index (χ4v) is 3.06. The van der Waals surface area contributed by atoms with E-state index in [1.165, 1.54) is 4.57 Å². The van der Waals surface area contributed by atoms with Gasteiger partial charge >= 0.3 is 0 Å². The summed E-state index contributed by atoms with van der Waals surface area (Å²) in [4.78, 5) is 29.2. The molecule has 3 aromatic rings. The van der Waals surface area contributed by atoms with Crippen LogP contribution in [0.15, 0.2) is 41.5 Å². The molecule has 1 amide bonds. The third kappa shape index (κ3) is 3.51. The van der Waals surface area contributed by atoms with Crippen molar-refractivity contribution in [1.82, 2.24) is 19.3 Å². The van der Waals surface area contributed by atoms with Gasteiger partial charge in [-0.15, -0.1) is 0 Å². The monoisotopic (exact) mass is 372 g/mol. The number of carbonyl (C=O) groups excluding carboxylic acids is 1. The third-order valence-electron chi connectivity index (χ3n) is 4.30. The summed E-state index contributed by atoms with van der Waals surface area (Å²) in [6.45, 7) is 2.71. The quantitative estimate of drug-likeness (QED) is 0.675. The van der Waals surface area contributed by atoms with Gasteiger partial charge in [0.25, 0.3) is 11.5 Å². The second-order valence-electron chi connectivity index (χ2n) is 6.18. The Labute approximate surface area is 156 Å². The smallest absolute Gasteiger partial charge is 0.294 e. The van der Waals surface area contributed by atoms with Crippen molar-refractivity contribution in [3.63, 3.8) is 0 Å². The zero-order valence-corrected chi connectivity index (χ0v) is 15.6. The fraction of sp³-hybridized carbons (Fsp3) is 0.316. The van der Waals surface area contributed by atoms with Gasteiger partial charge in [-0.2, -0.15) is 0 Å². The largest absolute Gasteiger partial charge is 0.351 e. The van der Waals surface area contributed by atoms with Crippen LogP contribution in [0, 0.1) is 0 Å². The number of rotatable bonds is 6. The number of hydrogen-bond acceptors (Lipinski definition) is 3. The molecule has 7 heteroatoms. The normalized spacial score (nSPS) is 11.0. The molecule has 3 rings (SSSR count). The Kier molecular flexibility index (Phi) is 5.42. The number of nitrogens with one attached hydrogen (secondary N) is 1. The molecule has 0 saturated heterocycles. The maximum atomic E-state index is 12.7. The number of aromatic nitrogens is 3. The number of halogens is 1. The summed E-state index contributed by atoms with van der Waals surface area (Å²) in [5.74, 6) is -0.272. The van der Waals surface area contributed by atoms with Crippen molar-refractivity contribution in [3.8, 4) is 11.3 Å². The highest BCUT2D eigenvalue weighted by Crippen LogP contribution is 2.26. The predicted molar refractivity (Wildman–Crippen MR) is 103 cm³/mol. The predicted octanol–water partition coefficient (Wildman–Crippen LogP) is 3.27. The van der Waals surface area contributed by atoms with E-state index < -0.39 is 0 Å². The van der Waals surface area contributed by atoms with Crippen molar-refractivity contribution in [3.05, 3.63) is 57.7 Å². The fourth-order valence-electron chi connectivity index (χ4n) is 2.82. The molecule has 0 radical (unpaired) electrons. The minimum Gasteiger partial charge on any atom is -0.351 e. The molecule has 1 aromatic carbocycles. The van der Waals surface area contributed by atoms with Crippen molar-refractivity contribution in [1.29, 1.82) is 0 Å². The number of imidazole rings is 1. The van der Waals surface area contributed by atoms with E-state index in [4.69, 9.17) is 11.6 Å². The molecular formula is C19H21ClN4O2. The zero-order chi connectivity index (χ0) is 18.7. The van der Waals surface area contributed by atoms with E-state index in [2.05, 4.69) is 17.2 Å². The highest BCUT2D eigenvalue weighted by molar-refractivity contribution is 6.33. The van der Waals surface area contributed by atoms with Gasteiger partial charge in [0.1, 0.15) is 5.69 Å². The van der Waals surface area contributed by atoms with Crippen LogP contribution in [-0.2, 0) is 7.05 Å². The molecule has 0 aliphatic rings. The molecular weight excluding hydrogens is 352 g/mol. The maximum absolute atomic E-state index is 12.7. The number of benzene rings is 1. The van der Waals surface area contributed by atoms with Gasteiger partial charge in [-0.3, -0.25) is 14.0 Å². The Hall–Kier alpha value is -2.60. The maximum Gasteiger partial charge on any atom is 0.294 e. The van der Waals surface area contributed by atoms with Crippen LogP contribution in [0.1, 0.15) is 36.7 Å². The van der Waals surface area contributed by atoms with Crippen LogP contribution in [0.2, 0.25) is 5.02 Å². The molecule has 26 heavy (non-hydrogen) atoms. The SMILES string of the molecule is CCCCCNC(=O)c1cn2cc(-c3ccccc3Cl)n(C)c(=O)c2n1. The first-order chi connectivity index (χ1) is 12.5. The first-order valence-corrected chi connectivity index (χ1v) is 9.02. The van der Waals surface area contributed by atoms with Gasteiger partial charge in [0.2, 0.25) is 5.65 Å². The van der Waals surface area contributed by atoms with Gasteiger partial charge in [0.05, 0.1) is 5.69 Å². The summed E-state index contributed by atoms with van der Waals surface area (Å²) in [7, 11) is 1.67. The van der Waals surface area contributed by atoms with E-state index >= 15 is 0 Å². The molecule has 0 atom stereocenters. The summed E-state index contributed by atoms with van der Waals surface area (Å²) in [5.41, 5.74) is 1.56. The van der Waals surface area contributed by atoms with E-state index in [-0.39, 0.29) is 22.8 Å². The van der Waals surface area contributed by atoms with E-state index in [0.29, 0.717) is 17.3 Å². The average molecular weight is 373 g/mol. The van der Waals surface area contributed by atoms with Crippen molar-refractivity contribution in [2.75, 3.05) is 6.54 Å². The minimum atomic E-state index is -0.285. The highest BCUT2D eigenvalue weighted by Gasteiger charge is 2.16. The Balaban J connectivity index is 1.98. The molecule has 0 aliphatic heterocycles. The van der Waals surface area contributed by atoms with Crippen LogP contribution in [0.25, 0.3) is 16.9 Å². The number of nitrogens with zero attached hydrogens (tertiary/aromatic N) is 3. The molecule has 136 valence electrons. The molecule has 1 N–H and O–H groups in total. The lowest BCUT2D eigenvalue weighted by Crippen LogP contribution is -2.25. The van der Waals surface area contributed by atoms with Crippen LogP contribution in [0.5, 0.6) is 0 Å². The molecule has 0 saturated carbocycles. The van der Waals surface area contributed by atoms with Crippen LogP contribution < -0.4 is 10.9 Å². The van der Waals surface area contributed by atoms with Gasteiger partial charge < -0.3 is 9.88 Å². The van der Waals surface area contributed by atoms with Crippen molar-refractivity contribution in [2.24, 2.45) is 7.05 Å². The molecule has 2 aromatic heterocycles. The molecule has 0 spiro atoms. The summed E-state index contributed by atoms with van der Waals surface area (Å²) < 4.78 is 3.08. The number of fused-ring (bicyclic) bond motifs is 1. The number of carbonyl (C=O) groups is 1. The summed E-state index contributed by atoms with van der Waals surface area (Å²) in [6, 6.07) is 7.31. The second kappa shape index (κ2) is 7.74. The molecule has 0 bridgehead atoms. The molecule has 0 aliphatic carbocycles. The van der Waals surface area contributed by atoms with E-state index in [1.54, 1.807) is 29.9 Å². The molecule has 0 unspecified atom stereocenters. The van der Waals surface area contributed by atoms with Crippen molar-refractivity contribution < 1.29 is 4.79 Å². The van der Waals surface area contributed by atoms with Crippen LogP contribution >= 0.6 is 11.6 Å². The lowest BCUT2D eigenvalue weighted by Gasteiger charge is -2.10. The first kappa shape index (κ1) is 18.2. The van der Waals surface area contributed by atoms with Gasteiger partial charge in [-0.25, -0.2) is 4.98 Å². The van der Waals surface area contributed by atoms with Crippen molar-refractivity contribution >= 4 is 23.2 Å². The topological polar surface area (TPSA) is 68.4 Å². The van der Waals surface area contributed by atoms with Crippen LogP contribution in [-0.4, -0.2) is 26.4 Å². The lowest BCUT2D eigenvalue weighted by atomic mass is 10.1. The third-order valence-corrected chi connectivity index (χ3v) is 4.63. The zero-order valence-electron chi connectivity index (χ0n) is 14.8. The average Bonchev–Trinajstić information content (AvgIpc) is 3.07. The van der Waals surface area contributed by atoms with Crippen LogP contribution in [0.4, 0.5) is 0 Å². The number of unbranched alkanes of at least 4 members (excludes halogenated alkanes) is 2. The Morgan fingerprint density at radius 2 is 2.00 bits per heavy atom. The van der Waals surface area contributed by atoms with Crippen LogP contribution in [0.3, 0.4) is 0 Å². The highest BCUT2D eigenvalue weighted by atomic mass is 35.5. The summed E-state index contributed by atoms with van der Waals surface area (Å²) in [5, 5.41) is 3.39. The second-order valence-corrected chi connectivity index (χ2v) is 6.59. The summed E-state index contributed by atoms with van der Waals surface area (Å²) >= 11 is 6.27.